The van der Waals surface area contributed by atoms with Gasteiger partial charge < -0.3 is 20.3 Å². The molecule has 0 aliphatic carbocycles. The summed E-state index contributed by atoms with van der Waals surface area (Å²) in [5.41, 5.74) is 5.54. The van der Waals surface area contributed by atoms with Gasteiger partial charge in [-0.2, -0.15) is 0 Å². The van der Waals surface area contributed by atoms with Crippen LogP contribution in [-0.4, -0.2) is 24.4 Å². The van der Waals surface area contributed by atoms with Crippen LogP contribution in [0.1, 0.15) is 20.3 Å². The van der Waals surface area contributed by atoms with E-state index in [1.165, 1.54) is 0 Å². The van der Waals surface area contributed by atoms with Crippen LogP contribution >= 0.6 is 0 Å². The van der Waals surface area contributed by atoms with Crippen molar-refractivity contribution in [1.82, 2.24) is 0 Å². The average molecular weight is 225 g/mol. The molecule has 0 radical (unpaired) electrons. The number of hydrogen-bond acceptors (Lipinski definition) is 4. The van der Waals surface area contributed by atoms with Crippen LogP contribution in [0.15, 0.2) is 18.2 Å². The van der Waals surface area contributed by atoms with Crippen LogP contribution in [0.2, 0.25) is 0 Å². The lowest BCUT2D eigenvalue weighted by Crippen LogP contribution is -2.21. The Kier molecular flexibility index (Phi) is 4.01. The molecule has 0 bridgehead atoms. The maximum Gasteiger partial charge on any atom is 0.162 e. The van der Waals surface area contributed by atoms with Crippen LogP contribution in [0.4, 0.5) is 5.69 Å². The Bertz CT molecular complexity index is 345. The Labute approximate surface area is 96.0 Å². The first kappa shape index (κ1) is 12.6. The second-order valence-electron chi connectivity index (χ2n) is 4.32. The molecule has 0 saturated heterocycles. The maximum atomic E-state index is 9.54. The van der Waals surface area contributed by atoms with Crippen molar-refractivity contribution >= 4 is 5.69 Å². The lowest BCUT2D eigenvalue weighted by molar-refractivity contribution is 0.0549. The van der Waals surface area contributed by atoms with E-state index in [4.69, 9.17) is 15.2 Å². The minimum atomic E-state index is -0.721. The van der Waals surface area contributed by atoms with Crippen molar-refractivity contribution < 1.29 is 14.6 Å². The number of nitrogen functional groups attached to an aromatic ring is 1. The Morgan fingerprint density at radius 2 is 2.00 bits per heavy atom. The number of nitrogens with two attached hydrogens (primary N) is 1. The summed E-state index contributed by atoms with van der Waals surface area (Å²) in [6.07, 6.45) is 0.556. The molecule has 3 N–H and O–H groups in total. The van der Waals surface area contributed by atoms with E-state index in [0.717, 1.165) is 0 Å². The molecule has 0 amide bonds. The smallest absolute Gasteiger partial charge is 0.162 e. The van der Waals surface area contributed by atoms with Gasteiger partial charge in [0.15, 0.2) is 11.5 Å². The molecule has 90 valence electrons. The first-order valence-electron chi connectivity index (χ1n) is 5.21. The molecule has 4 nitrogen and oxygen atoms in total. The van der Waals surface area contributed by atoms with Gasteiger partial charge in [0.1, 0.15) is 0 Å². The van der Waals surface area contributed by atoms with Crippen LogP contribution in [0, 0.1) is 0 Å². The Balaban J connectivity index is 2.60. The van der Waals surface area contributed by atoms with Crippen molar-refractivity contribution in [1.29, 1.82) is 0 Å². The van der Waals surface area contributed by atoms with Crippen molar-refractivity contribution in [2.24, 2.45) is 0 Å². The van der Waals surface area contributed by atoms with Gasteiger partial charge in [-0.15, -0.1) is 0 Å². The highest BCUT2D eigenvalue weighted by molar-refractivity contribution is 5.51. The molecule has 4 heteroatoms. The standard InChI is InChI=1S/C12H19NO3/c1-12(2,14)6-7-16-10-5-4-9(13)8-11(10)15-3/h4-5,8,14H,6-7,13H2,1-3H3. The van der Waals surface area contributed by atoms with Gasteiger partial charge >= 0.3 is 0 Å². The number of rotatable bonds is 5. The molecule has 0 saturated carbocycles. The third kappa shape index (κ3) is 3.98. The third-order valence-corrected chi connectivity index (χ3v) is 2.16. The average Bonchev–Trinajstić information content (AvgIpc) is 2.18. The zero-order valence-corrected chi connectivity index (χ0v) is 9.99. The van der Waals surface area contributed by atoms with Gasteiger partial charge in [0.25, 0.3) is 0 Å². The number of aliphatic hydroxyl groups is 1. The fraction of sp³-hybridized carbons (Fsp3) is 0.500. The lowest BCUT2D eigenvalue weighted by atomic mass is 10.1. The fourth-order valence-corrected chi connectivity index (χ4v) is 1.21. The lowest BCUT2D eigenvalue weighted by Gasteiger charge is -2.18. The molecule has 16 heavy (non-hydrogen) atoms. The second kappa shape index (κ2) is 5.07. The van der Waals surface area contributed by atoms with Crippen LogP contribution < -0.4 is 15.2 Å². The predicted octanol–water partition coefficient (Wildman–Crippen LogP) is 1.82. The maximum absolute atomic E-state index is 9.54. The Hall–Kier alpha value is -1.42. The molecule has 0 heterocycles. The highest BCUT2D eigenvalue weighted by atomic mass is 16.5. The topological polar surface area (TPSA) is 64.7 Å². The quantitative estimate of drug-likeness (QED) is 0.750. The van der Waals surface area contributed by atoms with E-state index in [9.17, 15) is 5.11 Å². The van der Waals surface area contributed by atoms with E-state index in [-0.39, 0.29) is 0 Å². The zero-order chi connectivity index (χ0) is 12.2. The number of hydrogen-bond donors (Lipinski definition) is 2. The van der Waals surface area contributed by atoms with Gasteiger partial charge in [-0.25, -0.2) is 0 Å². The van der Waals surface area contributed by atoms with E-state index >= 15 is 0 Å². The van der Waals surface area contributed by atoms with Crippen molar-refractivity contribution in [2.75, 3.05) is 19.5 Å². The summed E-state index contributed by atoms with van der Waals surface area (Å²) in [6, 6.07) is 5.22. The summed E-state index contributed by atoms with van der Waals surface area (Å²) in [5.74, 6) is 1.25. The first-order chi connectivity index (χ1) is 7.42. The molecule has 0 aliphatic heterocycles. The molecule has 1 aromatic carbocycles. The fourth-order valence-electron chi connectivity index (χ4n) is 1.21. The molecule has 0 unspecified atom stereocenters. The summed E-state index contributed by atoms with van der Waals surface area (Å²) >= 11 is 0. The molecule has 0 fully saturated rings. The molecule has 0 aromatic heterocycles. The number of methoxy groups -OCH3 is 1. The van der Waals surface area contributed by atoms with Gasteiger partial charge in [-0.1, -0.05) is 0 Å². The third-order valence-electron chi connectivity index (χ3n) is 2.16. The van der Waals surface area contributed by atoms with E-state index in [2.05, 4.69) is 0 Å². The molecule has 0 spiro atoms. The van der Waals surface area contributed by atoms with Gasteiger partial charge in [-0.05, 0) is 26.0 Å². The van der Waals surface area contributed by atoms with Crippen LogP contribution in [-0.2, 0) is 0 Å². The molecule has 0 atom stereocenters. The molecular weight excluding hydrogens is 206 g/mol. The Morgan fingerprint density at radius 3 is 2.56 bits per heavy atom. The molecular formula is C12H19NO3. The van der Waals surface area contributed by atoms with Gasteiger partial charge in [0.05, 0.1) is 19.3 Å². The summed E-state index contributed by atoms with van der Waals surface area (Å²) in [4.78, 5) is 0. The van der Waals surface area contributed by atoms with Gasteiger partial charge in [-0.3, -0.25) is 0 Å². The van der Waals surface area contributed by atoms with E-state index in [1.54, 1.807) is 39.2 Å². The second-order valence-corrected chi connectivity index (χ2v) is 4.32. The Morgan fingerprint density at radius 1 is 1.31 bits per heavy atom. The van der Waals surface area contributed by atoms with Crippen LogP contribution in [0.3, 0.4) is 0 Å². The zero-order valence-electron chi connectivity index (χ0n) is 9.99. The van der Waals surface area contributed by atoms with E-state index in [0.29, 0.717) is 30.2 Å². The van der Waals surface area contributed by atoms with Gasteiger partial charge in [0.2, 0.25) is 0 Å². The summed E-state index contributed by atoms with van der Waals surface area (Å²) in [6.45, 7) is 3.93. The van der Waals surface area contributed by atoms with Crippen molar-refractivity contribution in [3.05, 3.63) is 18.2 Å². The van der Waals surface area contributed by atoms with Crippen molar-refractivity contribution in [2.45, 2.75) is 25.9 Å². The molecule has 1 rings (SSSR count). The highest BCUT2D eigenvalue weighted by Gasteiger charge is 2.13. The number of ether oxygens (including phenoxy) is 2. The van der Waals surface area contributed by atoms with Crippen LogP contribution in [0.5, 0.6) is 11.5 Å². The largest absolute Gasteiger partial charge is 0.493 e. The molecule has 1 aromatic rings. The monoisotopic (exact) mass is 225 g/mol. The summed E-state index contributed by atoms with van der Waals surface area (Å²) in [5, 5.41) is 9.54. The summed E-state index contributed by atoms with van der Waals surface area (Å²) < 4.78 is 10.7. The number of benzene rings is 1. The normalized spacial score (nSPS) is 11.2. The van der Waals surface area contributed by atoms with Crippen molar-refractivity contribution in [3.8, 4) is 11.5 Å². The van der Waals surface area contributed by atoms with Gasteiger partial charge in [0, 0.05) is 18.2 Å². The van der Waals surface area contributed by atoms with E-state index < -0.39 is 5.60 Å². The summed E-state index contributed by atoms with van der Waals surface area (Å²) in [7, 11) is 1.57. The molecule has 0 aliphatic rings. The minimum Gasteiger partial charge on any atom is -0.493 e. The first-order valence-corrected chi connectivity index (χ1v) is 5.21. The van der Waals surface area contributed by atoms with Crippen molar-refractivity contribution in [3.63, 3.8) is 0 Å². The highest BCUT2D eigenvalue weighted by Crippen LogP contribution is 2.29. The van der Waals surface area contributed by atoms with E-state index in [1.807, 2.05) is 0 Å². The SMILES string of the molecule is COc1cc(N)ccc1OCCC(C)(C)O. The predicted molar refractivity (Wildman–Crippen MR) is 63.8 cm³/mol. The van der Waals surface area contributed by atoms with Crippen LogP contribution in [0.25, 0.3) is 0 Å². The minimum absolute atomic E-state index is 0.434. The number of anilines is 1.